The molecule has 1 saturated heterocycles. The lowest BCUT2D eigenvalue weighted by Gasteiger charge is -2.51. The lowest BCUT2D eigenvalue weighted by Crippen LogP contribution is -2.67. The topological polar surface area (TPSA) is 114 Å². The third kappa shape index (κ3) is 4.19. The van der Waals surface area contributed by atoms with Gasteiger partial charge in [0, 0.05) is 24.8 Å². The van der Waals surface area contributed by atoms with Crippen LogP contribution in [0.3, 0.4) is 0 Å². The molecule has 0 aliphatic carbocycles. The van der Waals surface area contributed by atoms with Crippen molar-refractivity contribution >= 4 is 39.2 Å². The molecule has 1 aromatic carbocycles. The highest BCUT2D eigenvalue weighted by Crippen LogP contribution is 2.46. The molecular formula is C20H19N3O5S2. The number of likely N-dealkylation sites (tertiary alicyclic amines) is 1. The Bertz CT molecular complexity index is 968. The second kappa shape index (κ2) is 8.88. The first-order valence-electron chi connectivity index (χ1n) is 8.95. The number of carbonyl (C=O) groups excluding carboxylic acids is 1. The molecule has 2 aromatic rings. The fourth-order valence-electron chi connectivity index (χ4n) is 3.26. The van der Waals surface area contributed by atoms with E-state index >= 15 is 0 Å². The smallest absolute Gasteiger partial charge is 0.334 e. The van der Waals surface area contributed by atoms with E-state index in [0.29, 0.717) is 11.1 Å². The van der Waals surface area contributed by atoms with Gasteiger partial charge in [-0.1, -0.05) is 35.6 Å². The first-order valence-corrected chi connectivity index (χ1v) is 11.2. The van der Waals surface area contributed by atoms with Crippen molar-refractivity contribution in [2.75, 3.05) is 0 Å². The maximum absolute atomic E-state index is 12.5. The van der Waals surface area contributed by atoms with Crippen LogP contribution in [0.15, 0.2) is 65.8 Å². The number of nitro benzene ring substituents is 1. The lowest BCUT2D eigenvalue weighted by atomic mass is 9.80. The van der Waals surface area contributed by atoms with E-state index in [1.165, 1.54) is 50.8 Å². The quantitative estimate of drug-likeness (QED) is 0.203. The van der Waals surface area contributed by atoms with Crippen molar-refractivity contribution in [2.24, 2.45) is 0 Å². The maximum Gasteiger partial charge on any atom is 0.334 e. The minimum Gasteiger partial charge on any atom is -0.479 e. The van der Waals surface area contributed by atoms with E-state index in [9.17, 15) is 24.8 Å². The molecule has 0 saturated carbocycles. The van der Waals surface area contributed by atoms with Gasteiger partial charge in [0.15, 0.2) is 5.54 Å². The minimum absolute atomic E-state index is 0.0350. The number of pyridine rings is 1. The van der Waals surface area contributed by atoms with Crippen LogP contribution < -0.4 is 0 Å². The van der Waals surface area contributed by atoms with E-state index in [1.54, 1.807) is 19.2 Å². The molecule has 156 valence electrons. The number of non-ortho nitro benzene ring substituents is 1. The molecule has 1 amide bonds. The molecule has 8 nitrogen and oxygen atoms in total. The summed E-state index contributed by atoms with van der Waals surface area (Å²) in [5.41, 5.74) is -0.856. The Morgan fingerprint density at radius 1 is 1.37 bits per heavy atom. The van der Waals surface area contributed by atoms with Crippen molar-refractivity contribution in [1.29, 1.82) is 0 Å². The first kappa shape index (κ1) is 21.8. The number of nitro groups is 1. The number of β-lactam (4-membered cyclic amide) rings is 1. The molecule has 2 atom stereocenters. The van der Waals surface area contributed by atoms with Gasteiger partial charge in [0.25, 0.3) is 5.69 Å². The van der Waals surface area contributed by atoms with Crippen LogP contribution in [0.25, 0.3) is 0 Å². The van der Waals surface area contributed by atoms with Crippen LogP contribution in [0.5, 0.6) is 0 Å². The van der Waals surface area contributed by atoms with Gasteiger partial charge in [-0.15, -0.1) is 0 Å². The Kier molecular flexibility index (Phi) is 6.47. The zero-order valence-corrected chi connectivity index (χ0v) is 17.7. The van der Waals surface area contributed by atoms with Crippen molar-refractivity contribution in [3.05, 3.63) is 76.5 Å². The van der Waals surface area contributed by atoms with Gasteiger partial charge in [0.1, 0.15) is 5.03 Å². The number of aliphatic carboxylic acids is 1. The van der Waals surface area contributed by atoms with Crippen LogP contribution in [0.4, 0.5) is 5.69 Å². The highest BCUT2D eigenvalue weighted by atomic mass is 33.1. The third-order valence-corrected chi connectivity index (χ3v) is 7.44. The summed E-state index contributed by atoms with van der Waals surface area (Å²) < 4.78 is 0. The van der Waals surface area contributed by atoms with Gasteiger partial charge in [-0.05, 0) is 41.0 Å². The van der Waals surface area contributed by atoms with Gasteiger partial charge >= 0.3 is 5.97 Å². The molecule has 0 spiro atoms. The van der Waals surface area contributed by atoms with Crippen LogP contribution in [0.1, 0.15) is 18.9 Å². The third-order valence-electron chi connectivity index (χ3n) is 4.87. The van der Waals surface area contributed by atoms with Gasteiger partial charge < -0.3 is 10.0 Å². The molecule has 1 N–H and O–H groups in total. The van der Waals surface area contributed by atoms with Crippen LogP contribution in [0, 0.1) is 10.1 Å². The van der Waals surface area contributed by atoms with Crippen molar-refractivity contribution < 1.29 is 19.6 Å². The Balaban J connectivity index is 1.87. The highest BCUT2D eigenvalue weighted by Gasteiger charge is 2.55. The summed E-state index contributed by atoms with van der Waals surface area (Å²) in [5, 5.41) is 21.4. The SMILES string of the molecule is C=C(C)C(Cc1ccc([N+](=O)[O-])cc1)(C(=O)O)N1C(=O)C[C@H]1SSc1ccccn1. The number of nitrogens with zero attached hydrogens (tertiary/aromatic N) is 3. The molecule has 1 fully saturated rings. The number of aromatic nitrogens is 1. The van der Waals surface area contributed by atoms with E-state index in [1.807, 2.05) is 12.1 Å². The summed E-state index contributed by atoms with van der Waals surface area (Å²) in [6, 6.07) is 11.1. The lowest BCUT2D eigenvalue weighted by molar-refractivity contribution is -0.384. The number of hydrogen-bond donors (Lipinski definition) is 1. The van der Waals surface area contributed by atoms with E-state index in [0.717, 1.165) is 5.03 Å². The maximum atomic E-state index is 12.5. The van der Waals surface area contributed by atoms with Gasteiger partial charge in [-0.25, -0.2) is 9.78 Å². The number of benzene rings is 1. The van der Waals surface area contributed by atoms with Crippen molar-refractivity contribution in [3.8, 4) is 0 Å². The number of carboxylic acids is 1. The number of carbonyl (C=O) groups is 2. The van der Waals surface area contributed by atoms with E-state index in [4.69, 9.17) is 0 Å². The number of carboxylic acid groups (broad SMARTS) is 1. The predicted octanol–water partition coefficient (Wildman–Crippen LogP) is 3.93. The zero-order chi connectivity index (χ0) is 21.9. The van der Waals surface area contributed by atoms with Gasteiger partial charge in [-0.2, -0.15) is 0 Å². The van der Waals surface area contributed by atoms with Crippen molar-refractivity contribution in [2.45, 2.75) is 35.7 Å². The summed E-state index contributed by atoms with van der Waals surface area (Å²) >= 11 is 0. The van der Waals surface area contributed by atoms with E-state index in [-0.39, 0.29) is 29.8 Å². The average molecular weight is 446 g/mol. The molecule has 10 heteroatoms. The zero-order valence-electron chi connectivity index (χ0n) is 16.1. The molecule has 2 heterocycles. The molecule has 1 aromatic heterocycles. The van der Waals surface area contributed by atoms with Gasteiger partial charge in [0.2, 0.25) is 5.91 Å². The minimum atomic E-state index is -1.65. The summed E-state index contributed by atoms with van der Waals surface area (Å²) in [7, 11) is 2.75. The van der Waals surface area contributed by atoms with Crippen molar-refractivity contribution in [3.63, 3.8) is 0 Å². The second-order valence-corrected chi connectivity index (χ2v) is 9.22. The Labute approximate surface area is 180 Å². The van der Waals surface area contributed by atoms with Gasteiger partial charge in [0.05, 0.1) is 16.7 Å². The fourth-order valence-corrected chi connectivity index (χ4v) is 5.69. The highest BCUT2D eigenvalue weighted by molar-refractivity contribution is 8.76. The Morgan fingerprint density at radius 2 is 2.07 bits per heavy atom. The molecular weight excluding hydrogens is 426 g/mol. The average Bonchev–Trinajstić information content (AvgIpc) is 2.71. The summed E-state index contributed by atoms with van der Waals surface area (Å²) in [4.78, 5) is 40.9. The van der Waals surface area contributed by atoms with E-state index in [2.05, 4.69) is 11.6 Å². The first-order chi connectivity index (χ1) is 14.3. The summed E-state index contributed by atoms with van der Waals surface area (Å²) in [5.74, 6) is -1.46. The normalized spacial score (nSPS) is 17.7. The second-order valence-electron chi connectivity index (χ2n) is 6.82. The molecule has 0 bridgehead atoms. The molecule has 3 rings (SSSR count). The molecule has 1 unspecified atom stereocenters. The standard InChI is InChI=1S/C20H19N3O5S2/c1-13(2)20(19(25)26,12-14-6-8-15(9-7-14)23(27)28)22-17(24)11-18(22)30-29-16-5-3-4-10-21-16/h3-10,18H,1,11-12H2,2H3,(H,25,26)/t18-,20?/m1/s1. The molecule has 1 aliphatic rings. The van der Waals surface area contributed by atoms with Crippen LogP contribution in [0.2, 0.25) is 0 Å². The van der Waals surface area contributed by atoms with Crippen LogP contribution in [-0.4, -0.2) is 42.7 Å². The number of rotatable bonds is 9. The largest absolute Gasteiger partial charge is 0.479 e. The predicted molar refractivity (Wildman–Crippen MR) is 115 cm³/mol. The fraction of sp³-hybridized carbons (Fsp3) is 0.250. The molecule has 0 radical (unpaired) electrons. The Morgan fingerprint density at radius 3 is 2.57 bits per heavy atom. The molecule has 30 heavy (non-hydrogen) atoms. The van der Waals surface area contributed by atoms with Crippen LogP contribution in [-0.2, 0) is 16.0 Å². The summed E-state index contributed by atoms with van der Waals surface area (Å²) in [6.45, 7) is 5.45. The van der Waals surface area contributed by atoms with Gasteiger partial charge in [-0.3, -0.25) is 14.9 Å². The Hall–Kier alpha value is -2.85. The summed E-state index contributed by atoms with van der Waals surface area (Å²) in [6.07, 6.45) is 1.84. The van der Waals surface area contributed by atoms with Crippen molar-refractivity contribution in [1.82, 2.24) is 9.88 Å². The number of hydrogen-bond acceptors (Lipinski definition) is 7. The number of amides is 1. The van der Waals surface area contributed by atoms with E-state index < -0.39 is 16.4 Å². The molecule has 1 aliphatic heterocycles. The monoisotopic (exact) mass is 445 g/mol. The van der Waals surface area contributed by atoms with Crippen LogP contribution >= 0.6 is 21.6 Å².